The van der Waals surface area contributed by atoms with Crippen LogP contribution in [0, 0.1) is 0 Å². The molecule has 1 aliphatic heterocycles. The van der Waals surface area contributed by atoms with Gasteiger partial charge in [0, 0.05) is 25.2 Å². The van der Waals surface area contributed by atoms with Crippen LogP contribution in [-0.4, -0.2) is 42.8 Å². The summed E-state index contributed by atoms with van der Waals surface area (Å²) in [6.45, 7) is 10.3. The first-order chi connectivity index (χ1) is 6.62. The first kappa shape index (κ1) is 12.0. The maximum Gasteiger partial charge on any atom is 0.0674 e. The van der Waals surface area contributed by atoms with Crippen LogP contribution in [0.1, 0.15) is 33.6 Å². The lowest BCUT2D eigenvalue weighted by molar-refractivity contribution is -0.0582. The van der Waals surface area contributed by atoms with Gasteiger partial charge in [-0.25, -0.2) is 0 Å². The second-order valence-corrected chi connectivity index (χ2v) is 4.58. The molecule has 0 aliphatic carbocycles. The van der Waals surface area contributed by atoms with Gasteiger partial charge in [-0.2, -0.15) is 0 Å². The van der Waals surface area contributed by atoms with Gasteiger partial charge < -0.3 is 10.5 Å². The normalized spacial score (nSPS) is 28.7. The lowest BCUT2D eigenvalue weighted by atomic mass is 9.93. The largest absolute Gasteiger partial charge is 0.376 e. The number of nitrogens with two attached hydrogens (primary N) is 1. The lowest BCUT2D eigenvalue weighted by Gasteiger charge is -2.44. The molecular weight excluding hydrogens is 176 g/mol. The van der Waals surface area contributed by atoms with E-state index in [1.165, 1.54) is 12.8 Å². The number of hydrogen-bond acceptors (Lipinski definition) is 3. The van der Waals surface area contributed by atoms with Crippen molar-refractivity contribution in [3.63, 3.8) is 0 Å². The molecule has 0 bridgehead atoms. The van der Waals surface area contributed by atoms with E-state index in [4.69, 9.17) is 10.5 Å². The predicted molar refractivity (Wildman–Crippen MR) is 59.4 cm³/mol. The van der Waals surface area contributed by atoms with Crippen LogP contribution in [0.4, 0.5) is 0 Å². The standard InChI is InChI=1S/C11H24N2O/c1-4-5-11(3,9-12)13-6-7-14-10(2)8-13/h10H,4-9,12H2,1-3H3. The summed E-state index contributed by atoms with van der Waals surface area (Å²) in [4.78, 5) is 2.49. The molecule has 0 aromatic heterocycles. The fourth-order valence-corrected chi connectivity index (χ4v) is 2.24. The highest BCUT2D eigenvalue weighted by molar-refractivity contribution is 4.89. The monoisotopic (exact) mass is 200 g/mol. The number of nitrogens with zero attached hydrogens (tertiary/aromatic N) is 1. The number of hydrogen-bond donors (Lipinski definition) is 1. The maximum atomic E-state index is 5.89. The Hall–Kier alpha value is -0.120. The van der Waals surface area contributed by atoms with Crippen molar-refractivity contribution < 1.29 is 4.74 Å². The summed E-state index contributed by atoms with van der Waals surface area (Å²) in [5, 5.41) is 0. The van der Waals surface area contributed by atoms with Crippen molar-refractivity contribution in [2.45, 2.75) is 45.3 Å². The summed E-state index contributed by atoms with van der Waals surface area (Å²) in [6.07, 6.45) is 2.72. The van der Waals surface area contributed by atoms with Crippen molar-refractivity contribution in [3.05, 3.63) is 0 Å². The summed E-state index contributed by atoms with van der Waals surface area (Å²) in [5.41, 5.74) is 6.06. The molecule has 2 N–H and O–H groups in total. The van der Waals surface area contributed by atoms with E-state index in [0.29, 0.717) is 6.10 Å². The highest BCUT2D eigenvalue weighted by Gasteiger charge is 2.32. The van der Waals surface area contributed by atoms with Crippen LogP contribution >= 0.6 is 0 Å². The SMILES string of the molecule is CCCC(C)(CN)N1CCOC(C)C1. The Bertz CT molecular complexity index is 175. The van der Waals surface area contributed by atoms with Gasteiger partial charge in [-0.15, -0.1) is 0 Å². The molecule has 0 saturated carbocycles. The van der Waals surface area contributed by atoms with Crippen molar-refractivity contribution in [2.24, 2.45) is 5.73 Å². The van der Waals surface area contributed by atoms with Crippen LogP contribution in [0.5, 0.6) is 0 Å². The van der Waals surface area contributed by atoms with Crippen LogP contribution < -0.4 is 5.73 Å². The molecule has 0 aromatic carbocycles. The van der Waals surface area contributed by atoms with E-state index in [9.17, 15) is 0 Å². The smallest absolute Gasteiger partial charge is 0.0674 e. The number of ether oxygens (including phenoxy) is 1. The molecule has 1 rings (SSSR count). The highest BCUT2D eigenvalue weighted by Crippen LogP contribution is 2.22. The Labute approximate surface area is 87.6 Å². The fourth-order valence-electron chi connectivity index (χ4n) is 2.24. The molecule has 84 valence electrons. The zero-order valence-corrected chi connectivity index (χ0v) is 9.75. The molecule has 14 heavy (non-hydrogen) atoms. The molecule has 0 radical (unpaired) electrons. The molecule has 1 aliphatic rings. The number of rotatable bonds is 4. The van der Waals surface area contributed by atoms with E-state index in [0.717, 1.165) is 26.2 Å². The van der Waals surface area contributed by atoms with Gasteiger partial charge >= 0.3 is 0 Å². The Morgan fingerprint density at radius 2 is 2.29 bits per heavy atom. The minimum Gasteiger partial charge on any atom is -0.376 e. The van der Waals surface area contributed by atoms with Gasteiger partial charge in [-0.05, 0) is 20.3 Å². The van der Waals surface area contributed by atoms with Crippen molar-refractivity contribution in [1.82, 2.24) is 4.90 Å². The van der Waals surface area contributed by atoms with E-state index in [1.54, 1.807) is 0 Å². The average Bonchev–Trinajstić information content (AvgIpc) is 2.18. The lowest BCUT2D eigenvalue weighted by Crippen LogP contribution is -2.57. The summed E-state index contributed by atoms with van der Waals surface area (Å²) in [7, 11) is 0. The number of morpholine rings is 1. The molecule has 0 amide bonds. The van der Waals surface area contributed by atoms with Crippen LogP contribution in [-0.2, 0) is 4.74 Å². The van der Waals surface area contributed by atoms with Crippen molar-refractivity contribution in [2.75, 3.05) is 26.2 Å². The summed E-state index contributed by atoms with van der Waals surface area (Å²) in [5.74, 6) is 0. The third kappa shape index (κ3) is 2.69. The molecule has 2 unspecified atom stereocenters. The Kier molecular flexibility index (Phi) is 4.35. The zero-order chi connectivity index (χ0) is 10.6. The van der Waals surface area contributed by atoms with Gasteiger partial charge in [-0.3, -0.25) is 4.90 Å². The summed E-state index contributed by atoms with van der Waals surface area (Å²) >= 11 is 0. The van der Waals surface area contributed by atoms with E-state index >= 15 is 0 Å². The first-order valence-corrected chi connectivity index (χ1v) is 5.69. The van der Waals surface area contributed by atoms with Gasteiger partial charge in [0.15, 0.2) is 0 Å². The Balaban J connectivity index is 2.58. The summed E-state index contributed by atoms with van der Waals surface area (Å²) in [6, 6.07) is 0. The van der Waals surface area contributed by atoms with Crippen molar-refractivity contribution >= 4 is 0 Å². The Morgan fingerprint density at radius 1 is 1.57 bits per heavy atom. The van der Waals surface area contributed by atoms with E-state index in [1.807, 2.05) is 0 Å². The molecule has 1 saturated heterocycles. The third-order valence-electron chi connectivity index (χ3n) is 3.23. The minimum atomic E-state index is 0.173. The molecular formula is C11H24N2O. The van der Waals surface area contributed by atoms with E-state index < -0.39 is 0 Å². The van der Waals surface area contributed by atoms with Crippen molar-refractivity contribution in [1.29, 1.82) is 0 Å². The molecule has 1 heterocycles. The first-order valence-electron chi connectivity index (χ1n) is 5.69. The quantitative estimate of drug-likeness (QED) is 0.741. The third-order valence-corrected chi connectivity index (χ3v) is 3.23. The Morgan fingerprint density at radius 3 is 2.79 bits per heavy atom. The van der Waals surface area contributed by atoms with Crippen LogP contribution in [0.25, 0.3) is 0 Å². The predicted octanol–water partition coefficient (Wildman–Crippen LogP) is 1.22. The minimum absolute atomic E-state index is 0.173. The molecule has 0 aromatic rings. The van der Waals surface area contributed by atoms with Crippen LogP contribution in [0.15, 0.2) is 0 Å². The van der Waals surface area contributed by atoms with Crippen LogP contribution in [0.3, 0.4) is 0 Å². The second kappa shape index (κ2) is 5.10. The topological polar surface area (TPSA) is 38.5 Å². The van der Waals surface area contributed by atoms with Gasteiger partial charge in [0.2, 0.25) is 0 Å². The van der Waals surface area contributed by atoms with Gasteiger partial charge in [-0.1, -0.05) is 13.3 Å². The molecule has 0 spiro atoms. The maximum absolute atomic E-state index is 5.89. The van der Waals surface area contributed by atoms with Gasteiger partial charge in [0.05, 0.1) is 12.7 Å². The van der Waals surface area contributed by atoms with Gasteiger partial charge in [0.1, 0.15) is 0 Å². The van der Waals surface area contributed by atoms with E-state index in [2.05, 4.69) is 25.7 Å². The van der Waals surface area contributed by atoms with Crippen molar-refractivity contribution in [3.8, 4) is 0 Å². The average molecular weight is 200 g/mol. The van der Waals surface area contributed by atoms with Crippen LogP contribution in [0.2, 0.25) is 0 Å². The molecule has 2 atom stereocenters. The summed E-state index contributed by atoms with van der Waals surface area (Å²) < 4.78 is 5.54. The zero-order valence-electron chi connectivity index (χ0n) is 9.75. The highest BCUT2D eigenvalue weighted by atomic mass is 16.5. The van der Waals surface area contributed by atoms with Gasteiger partial charge in [0.25, 0.3) is 0 Å². The fraction of sp³-hybridized carbons (Fsp3) is 1.00. The molecule has 3 nitrogen and oxygen atoms in total. The molecule has 3 heteroatoms. The second-order valence-electron chi connectivity index (χ2n) is 4.58. The molecule has 1 fully saturated rings. The van der Waals surface area contributed by atoms with E-state index in [-0.39, 0.29) is 5.54 Å².